The maximum atomic E-state index is 13.7. The lowest BCUT2D eigenvalue weighted by Gasteiger charge is -2.04. The Morgan fingerprint density at radius 2 is 2.28 bits per heavy atom. The number of benzene rings is 1. The van der Waals surface area contributed by atoms with Crippen molar-refractivity contribution in [1.29, 1.82) is 0 Å². The maximum absolute atomic E-state index is 13.7. The summed E-state index contributed by atoms with van der Waals surface area (Å²) in [6, 6.07) is 4.88. The average molecular weight is 329 g/mol. The summed E-state index contributed by atoms with van der Waals surface area (Å²) in [6.45, 7) is 2.72. The molecule has 1 heterocycles. The molecule has 0 aliphatic heterocycles. The minimum absolute atomic E-state index is 0.248. The minimum Gasteiger partial charge on any atom is -0.330 e. The van der Waals surface area contributed by atoms with Crippen LogP contribution >= 0.6 is 27.3 Å². The van der Waals surface area contributed by atoms with Gasteiger partial charge >= 0.3 is 0 Å². The van der Waals surface area contributed by atoms with E-state index in [0.29, 0.717) is 23.7 Å². The molecule has 18 heavy (non-hydrogen) atoms. The number of halogens is 2. The average Bonchev–Trinajstić information content (AvgIpc) is 2.80. The zero-order chi connectivity index (χ0) is 13.1. The van der Waals surface area contributed by atoms with Gasteiger partial charge in [0.25, 0.3) is 0 Å². The molecule has 2 aromatic rings. The number of thiazole rings is 1. The van der Waals surface area contributed by atoms with Gasteiger partial charge in [0.2, 0.25) is 0 Å². The Morgan fingerprint density at radius 3 is 3.00 bits per heavy atom. The molecule has 5 heteroatoms. The molecule has 0 radical (unpaired) electrons. The third-order valence-corrected chi connectivity index (χ3v) is 4.05. The first-order valence-electron chi connectivity index (χ1n) is 5.70. The summed E-state index contributed by atoms with van der Waals surface area (Å²) in [7, 11) is 0. The number of nitrogens with zero attached hydrogens (tertiary/aromatic N) is 1. The molecule has 1 unspecified atom stereocenters. The van der Waals surface area contributed by atoms with Gasteiger partial charge in [-0.25, -0.2) is 9.37 Å². The topological polar surface area (TPSA) is 38.9 Å². The summed E-state index contributed by atoms with van der Waals surface area (Å²) in [5.41, 5.74) is 6.82. The highest BCUT2D eigenvalue weighted by Crippen LogP contribution is 2.28. The lowest BCUT2D eigenvalue weighted by atomic mass is 10.1. The van der Waals surface area contributed by atoms with Crippen LogP contribution in [0, 0.1) is 11.7 Å². The van der Waals surface area contributed by atoms with E-state index in [0.717, 1.165) is 15.9 Å². The van der Waals surface area contributed by atoms with E-state index in [1.54, 1.807) is 23.5 Å². The number of aromatic nitrogens is 1. The molecule has 0 saturated heterocycles. The molecule has 0 bridgehead atoms. The van der Waals surface area contributed by atoms with E-state index in [1.807, 2.05) is 5.38 Å². The molecule has 96 valence electrons. The fourth-order valence-electron chi connectivity index (χ4n) is 1.60. The zero-order valence-corrected chi connectivity index (χ0v) is 12.4. The van der Waals surface area contributed by atoms with Gasteiger partial charge in [-0.2, -0.15) is 0 Å². The molecule has 0 aliphatic carbocycles. The van der Waals surface area contributed by atoms with E-state index in [1.165, 1.54) is 6.07 Å². The van der Waals surface area contributed by atoms with Crippen LogP contribution in [-0.4, -0.2) is 11.5 Å². The molecule has 2 nitrogen and oxygen atoms in total. The van der Waals surface area contributed by atoms with Crippen LogP contribution in [0.4, 0.5) is 4.39 Å². The first-order valence-corrected chi connectivity index (χ1v) is 7.37. The Hall–Kier alpha value is -0.780. The van der Waals surface area contributed by atoms with E-state index in [2.05, 4.69) is 27.8 Å². The van der Waals surface area contributed by atoms with Crippen LogP contribution in [0.15, 0.2) is 28.1 Å². The van der Waals surface area contributed by atoms with Gasteiger partial charge in [0.05, 0.1) is 10.7 Å². The highest BCUT2D eigenvalue weighted by molar-refractivity contribution is 9.10. The zero-order valence-electron chi connectivity index (χ0n) is 9.99. The Balaban J connectivity index is 2.26. The number of hydrogen-bond acceptors (Lipinski definition) is 3. The summed E-state index contributed by atoms with van der Waals surface area (Å²) in [5, 5.41) is 2.89. The summed E-state index contributed by atoms with van der Waals surface area (Å²) >= 11 is 4.90. The fraction of sp³-hybridized carbons (Fsp3) is 0.308. The van der Waals surface area contributed by atoms with Gasteiger partial charge in [0.1, 0.15) is 5.82 Å². The predicted octanol–water partition coefficient (Wildman–Crippen LogP) is 3.85. The van der Waals surface area contributed by atoms with Crippen molar-refractivity contribution in [3.63, 3.8) is 0 Å². The van der Waals surface area contributed by atoms with Crippen LogP contribution in [-0.2, 0) is 6.42 Å². The Morgan fingerprint density at radius 1 is 1.50 bits per heavy atom. The van der Waals surface area contributed by atoms with Crippen LogP contribution in [0.3, 0.4) is 0 Å². The van der Waals surface area contributed by atoms with Crippen molar-refractivity contribution in [2.24, 2.45) is 11.7 Å². The molecular formula is C13H14BrFN2S. The summed E-state index contributed by atoms with van der Waals surface area (Å²) in [6.07, 6.45) is 0.844. The molecular weight excluding hydrogens is 315 g/mol. The second kappa shape index (κ2) is 5.91. The lowest BCUT2D eigenvalue weighted by molar-refractivity contribution is 0.591. The first-order chi connectivity index (χ1) is 8.60. The third-order valence-electron chi connectivity index (χ3n) is 2.68. The second-order valence-corrected chi connectivity index (χ2v) is 6.15. The fourth-order valence-corrected chi connectivity index (χ4v) is 2.92. The summed E-state index contributed by atoms with van der Waals surface area (Å²) in [5.74, 6) is 0.151. The number of rotatable bonds is 4. The Kier molecular flexibility index (Phi) is 4.48. The van der Waals surface area contributed by atoms with Gasteiger partial charge < -0.3 is 5.73 Å². The Labute approximate surface area is 118 Å². The number of nitrogens with two attached hydrogens (primary N) is 1. The second-order valence-electron chi connectivity index (χ2n) is 4.30. The van der Waals surface area contributed by atoms with Crippen LogP contribution in [0.5, 0.6) is 0 Å². The van der Waals surface area contributed by atoms with E-state index in [-0.39, 0.29) is 5.82 Å². The van der Waals surface area contributed by atoms with Gasteiger partial charge in [0, 0.05) is 21.8 Å². The van der Waals surface area contributed by atoms with Crippen LogP contribution < -0.4 is 5.73 Å². The van der Waals surface area contributed by atoms with Gasteiger partial charge in [-0.1, -0.05) is 22.9 Å². The molecule has 2 rings (SSSR count). The smallest absolute Gasteiger partial charge is 0.132 e. The van der Waals surface area contributed by atoms with Gasteiger partial charge in [0.15, 0.2) is 0 Å². The molecule has 1 aromatic heterocycles. The largest absolute Gasteiger partial charge is 0.330 e. The van der Waals surface area contributed by atoms with E-state index in [4.69, 9.17) is 5.73 Å². The number of hydrogen-bond donors (Lipinski definition) is 1. The minimum atomic E-state index is -0.248. The van der Waals surface area contributed by atoms with E-state index >= 15 is 0 Å². The molecule has 0 amide bonds. The van der Waals surface area contributed by atoms with E-state index < -0.39 is 0 Å². The Bertz CT molecular complexity index is 542. The summed E-state index contributed by atoms with van der Waals surface area (Å²) in [4.78, 5) is 4.47. The molecule has 0 fully saturated rings. The van der Waals surface area contributed by atoms with Crippen molar-refractivity contribution >= 4 is 27.3 Å². The molecule has 1 atom stereocenters. The van der Waals surface area contributed by atoms with Crippen molar-refractivity contribution in [1.82, 2.24) is 4.98 Å². The van der Waals surface area contributed by atoms with Gasteiger partial charge in [-0.3, -0.25) is 0 Å². The predicted molar refractivity (Wildman–Crippen MR) is 77.1 cm³/mol. The first kappa shape index (κ1) is 13.6. The van der Waals surface area contributed by atoms with Crippen LogP contribution in [0.1, 0.15) is 11.9 Å². The van der Waals surface area contributed by atoms with Crippen molar-refractivity contribution in [2.45, 2.75) is 13.3 Å². The monoisotopic (exact) mass is 328 g/mol. The standard InChI is InChI=1S/C13H14BrFN2S/c1-8(6-16)4-13-17-12(7-18-13)10-5-9(14)2-3-11(10)15/h2-3,5,7-8H,4,6,16H2,1H3. The van der Waals surface area contributed by atoms with Crippen LogP contribution in [0.25, 0.3) is 11.3 Å². The SMILES string of the molecule is CC(CN)Cc1nc(-c2cc(Br)ccc2F)cs1. The third kappa shape index (κ3) is 3.16. The van der Waals surface area contributed by atoms with Crippen molar-refractivity contribution in [3.05, 3.63) is 38.9 Å². The highest BCUT2D eigenvalue weighted by Gasteiger charge is 2.11. The van der Waals surface area contributed by atoms with Crippen LogP contribution in [0.2, 0.25) is 0 Å². The molecule has 0 spiro atoms. The molecule has 1 aromatic carbocycles. The van der Waals surface area contributed by atoms with Gasteiger partial charge in [-0.05, 0) is 30.7 Å². The van der Waals surface area contributed by atoms with Crippen molar-refractivity contribution in [2.75, 3.05) is 6.54 Å². The quantitative estimate of drug-likeness (QED) is 0.925. The van der Waals surface area contributed by atoms with Crippen molar-refractivity contribution < 1.29 is 4.39 Å². The highest BCUT2D eigenvalue weighted by atomic mass is 79.9. The normalized spacial score (nSPS) is 12.7. The van der Waals surface area contributed by atoms with Gasteiger partial charge in [-0.15, -0.1) is 11.3 Å². The maximum Gasteiger partial charge on any atom is 0.132 e. The molecule has 0 saturated carbocycles. The summed E-state index contributed by atoms with van der Waals surface area (Å²) < 4.78 is 14.6. The van der Waals surface area contributed by atoms with Crippen molar-refractivity contribution in [3.8, 4) is 11.3 Å². The van der Waals surface area contributed by atoms with E-state index in [9.17, 15) is 4.39 Å². The molecule has 0 aliphatic rings. The lowest BCUT2D eigenvalue weighted by Crippen LogP contribution is -2.12. The molecule has 2 N–H and O–H groups in total.